The van der Waals surface area contributed by atoms with Gasteiger partial charge >= 0.3 is 5.97 Å². The molecule has 0 fully saturated rings. The summed E-state index contributed by atoms with van der Waals surface area (Å²) in [5.74, 6) is 2.01. The van der Waals surface area contributed by atoms with Crippen LogP contribution in [0.15, 0.2) is 84.4 Å². The summed E-state index contributed by atoms with van der Waals surface area (Å²) in [5.41, 5.74) is 3.40. The van der Waals surface area contributed by atoms with Crippen LogP contribution in [0.1, 0.15) is 11.1 Å². The first-order valence-corrected chi connectivity index (χ1v) is 9.09. The van der Waals surface area contributed by atoms with E-state index in [9.17, 15) is 4.79 Å². The van der Waals surface area contributed by atoms with Crippen LogP contribution in [0.4, 0.5) is 0 Å². The largest absolute Gasteiger partial charge is 0.497 e. The third-order valence-electron chi connectivity index (χ3n) is 4.66. The third-order valence-corrected chi connectivity index (χ3v) is 4.66. The SMILES string of the molecule is COc1ccc(C2=C(Cc3ccccc3Oc3ccccc3)COC2=O)cc1. The third kappa shape index (κ3) is 3.76. The van der Waals surface area contributed by atoms with E-state index in [1.54, 1.807) is 7.11 Å². The van der Waals surface area contributed by atoms with Gasteiger partial charge in [-0.15, -0.1) is 0 Å². The van der Waals surface area contributed by atoms with Gasteiger partial charge in [0.15, 0.2) is 0 Å². The first-order valence-electron chi connectivity index (χ1n) is 9.09. The molecule has 4 nitrogen and oxygen atoms in total. The summed E-state index contributed by atoms with van der Waals surface area (Å²) in [6, 6.07) is 25.0. The molecular formula is C24H20O4. The van der Waals surface area contributed by atoms with Crippen molar-refractivity contribution in [1.82, 2.24) is 0 Å². The van der Waals surface area contributed by atoms with Gasteiger partial charge in [0.05, 0.1) is 12.7 Å². The van der Waals surface area contributed by atoms with E-state index in [0.717, 1.165) is 33.9 Å². The number of para-hydroxylation sites is 2. The lowest BCUT2D eigenvalue weighted by molar-refractivity contribution is -0.134. The molecule has 3 aromatic rings. The van der Waals surface area contributed by atoms with Gasteiger partial charge in [-0.1, -0.05) is 48.5 Å². The second-order valence-electron chi connectivity index (χ2n) is 6.48. The summed E-state index contributed by atoms with van der Waals surface area (Å²) in [4.78, 5) is 12.4. The number of ether oxygens (including phenoxy) is 3. The minimum absolute atomic E-state index is 0.290. The summed E-state index contributed by atoms with van der Waals surface area (Å²) in [6.07, 6.45) is 0.579. The second kappa shape index (κ2) is 8.01. The highest BCUT2D eigenvalue weighted by molar-refractivity contribution is 6.19. The number of carbonyl (C=O) groups excluding carboxylic acids is 1. The predicted molar refractivity (Wildman–Crippen MR) is 108 cm³/mol. The fraction of sp³-hybridized carbons (Fsp3) is 0.125. The summed E-state index contributed by atoms with van der Waals surface area (Å²) in [6.45, 7) is 0.292. The van der Waals surface area contributed by atoms with Crippen LogP contribution in [0.25, 0.3) is 5.57 Å². The molecule has 28 heavy (non-hydrogen) atoms. The van der Waals surface area contributed by atoms with Crippen molar-refractivity contribution in [3.63, 3.8) is 0 Å². The van der Waals surface area contributed by atoms with E-state index in [0.29, 0.717) is 18.6 Å². The molecule has 140 valence electrons. The number of methoxy groups -OCH3 is 1. The van der Waals surface area contributed by atoms with Crippen LogP contribution in [0.3, 0.4) is 0 Å². The number of hydrogen-bond acceptors (Lipinski definition) is 4. The first-order chi connectivity index (χ1) is 13.7. The molecule has 1 aliphatic rings. The van der Waals surface area contributed by atoms with Crippen molar-refractivity contribution in [2.24, 2.45) is 0 Å². The highest BCUT2D eigenvalue weighted by Gasteiger charge is 2.26. The molecule has 0 amide bonds. The molecule has 0 aromatic heterocycles. The molecule has 0 aliphatic carbocycles. The molecule has 0 saturated carbocycles. The Bertz CT molecular complexity index is 1000. The lowest BCUT2D eigenvalue weighted by Crippen LogP contribution is -1.99. The monoisotopic (exact) mass is 372 g/mol. The van der Waals surface area contributed by atoms with Crippen LogP contribution >= 0.6 is 0 Å². The second-order valence-corrected chi connectivity index (χ2v) is 6.48. The lowest BCUT2D eigenvalue weighted by atomic mass is 9.96. The van der Waals surface area contributed by atoms with Crippen LogP contribution in [-0.4, -0.2) is 19.7 Å². The van der Waals surface area contributed by atoms with Crippen molar-refractivity contribution in [3.8, 4) is 17.2 Å². The van der Waals surface area contributed by atoms with Gasteiger partial charge in [0.2, 0.25) is 0 Å². The Morgan fingerprint density at radius 1 is 0.857 bits per heavy atom. The molecule has 1 aliphatic heterocycles. The average Bonchev–Trinajstić information content (AvgIpc) is 3.10. The quantitative estimate of drug-likeness (QED) is 0.569. The molecule has 0 N–H and O–H groups in total. The highest BCUT2D eigenvalue weighted by Crippen LogP contribution is 2.33. The molecule has 0 saturated heterocycles. The van der Waals surface area contributed by atoms with E-state index in [-0.39, 0.29) is 5.97 Å². The molecule has 3 aromatic carbocycles. The van der Waals surface area contributed by atoms with Crippen LogP contribution in [-0.2, 0) is 16.0 Å². The average molecular weight is 372 g/mol. The van der Waals surface area contributed by atoms with E-state index >= 15 is 0 Å². The fourth-order valence-corrected chi connectivity index (χ4v) is 3.26. The van der Waals surface area contributed by atoms with Gasteiger partial charge in [-0.2, -0.15) is 0 Å². The van der Waals surface area contributed by atoms with Crippen LogP contribution in [0, 0.1) is 0 Å². The van der Waals surface area contributed by atoms with Crippen molar-refractivity contribution < 1.29 is 19.0 Å². The van der Waals surface area contributed by atoms with Gasteiger partial charge < -0.3 is 14.2 Å². The summed E-state index contributed by atoms with van der Waals surface area (Å²) < 4.78 is 16.6. The van der Waals surface area contributed by atoms with E-state index in [4.69, 9.17) is 14.2 Å². The van der Waals surface area contributed by atoms with Crippen LogP contribution in [0.2, 0.25) is 0 Å². The van der Waals surface area contributed by atoms with Crippen molar-refractivity contribution >= 4 is 11.5 Å². The standard InChI is InChI=1S/C24H20O4/c1-26-20-13-11-17(12-14-20)23-19(16-27-24(23)25)15-18-7-5-6-10-22(18)28-21-8-3-2-4-9-21/h2-14H,15-16H2,1H3. The molecule has 0 spiro atoms. The Morgan fingerprint density at radius 3 is 2.32 bits per heavy atom. The van der Waals surface area contributed by atoms with E-state index in [2.05, 4.69) is 0 Å². The zero-order valence-electron chi connectivity index (χ0n) is 15.6. The first kappa shape index (κ1) is 17.9. The molecule has 1 heterocycles. The fourth-order valence-electron chi connectivity index (χ4n) is 3.26. The van der Waals surface area contributed by atoms with E-state index in [1.807, 2.05) is 78.9 Å². The van der Waals surface area contributed by atoms with Crippen molar-refractivity contribution in [1.29, 1.82) is 0 Å². The number of cyclic esters (lactones) is 1. The van der Waals surface area contributed by atoms with Crippen LogP contribution in [0.5, 0.6) is 17.2 Å². The van der Waals surface area contributed by atoms with Gasteiger partial charge in [0, 0.05) is 6.42 Å². The molecule has 0 atom stereocenters. The molecule has 0 unspecified atom stereocenters. The smallest absolute Gasteiger partial charge is 0.339 e. The minimum atomic E-state index is -0.290. The maximum Gasteiger partial charge on any atom is 0.339 e. The number of benzene rings is 3. The Kier molecular flexibility index (Phi) is 5.11. The van der Waals surface area contributed by atoms with Gasteiger partial charge in [-0.25, -0.2) is 4.79 Å². The van der Waals surface area contributed by atoms with Gasteiger partial charge in [0.25, 0.3) is 0 Å². The van der Waals surface area contributed by atoms with E-state index in [1.165, 1.54) is 0 Å². The van der Waals surface area contributed by atoms with E-state index < -0.39 is 0 Å². The van der Waals surface area contributed by atoms with Gasteiger partial charge in [0.1, 0.15) is 23.9 Å². The summed E-state index contributed by atoms with van der Waals surface area (Å²) >= 11 is 0. The molecule has 0 bridgehead atoms. The maximum atomic E-state index is 12.4. The lowest BCUT2D eigenvalue weighted by Gasteiger charge is -2.12. The predicted octanol–water partition coefficient (Wildman–Crippen LogP) is 5.04. The Morgan fingerprint density at radius 2 is 1.57 bits per heavy atom. The Labute approximate surface area is 164 Å². The van der Waals surface area contributed by atoms with Gasteiger partial charge in [-0.05, 0) is 47.0 Å². The number of carbonyl (C=O) groups is 1. The summed E-state index contributed by atoms with van der Waals surface area (Å²) in [7, 11) is 1.62. The van der Waals surface area contributed by atoms with Crippen molar-refractivity contribution in [3.05, 3.63) is 95.6 Å². The molecular weight excluding hydrogens is 352 g/mol. The zero-order chi connectivity index (χ0) is 19.3. The van der Waals surface area contributed by atoms with Crippen molar-refractivity contribution in [2.45, 2.75) is 6.42 Å². The molecule has 0 radical (unpaired) electrons. The van der Waals surface area contributed by atoms with Crippen LogP contribution < -0.4 is 9.47 Å². The van der Waals surface area contributed by atoms with Crippen molar-refractivity contribution in [2.75, 3.05) is 13.7 Å². The van der Waals surface area contributed by atoms with Gasteiger partial charge in [-0.3, -0.25) is 0 Å². The molecule has 4 heteroatoms. The minimum Gasteiger partial charge on any atom is -0.497 e. The number of hydrogen-bond donors (Lipinski definition) is 0. The highest BCUT2D eigenvalue weighted by atomic mass is 16.5. The topological polar surface area (TPSA) is 44.8 Å². The number of esters is 1. The Hall–Kier alpha value is -3.53. The normalized spacial score (nSPS) is 13.4. The number of rotatable bonds is 6. The molecule has 4 rings (SSSR count). The zero-order valence-corrected chi connectivity index (χ0v) is 15.6. The summed E-state index contributed by atoms with van der Waals surface area (Å²) in [5, 5.41) is 0. The Balaban J connectivity index is 1.65. The maximum absolute atomic E-state index is 12.4.